The Hall–Kier alpha value is -0.340. The van der Waals surface area contributed by atoms with Crippen molar-refractivity contribution in [3.05, 3.63) is 35.4 Å². The van der Waals surface area contributed by atoms with E-state index in [1.807, 2.05) is 0 Å². The molecule has 2 unspecified atom stereocenters. The number of alkyl halides is 1. The third kappa shape index (κ3) is 2.61. The van der Waals surface area contributed by atoms with Crippen molar-refractivity contribution in [3.63, 3.8) is 0 Å². The van der Waals surface area contributed by atoms with Gasteiger partial charge >= 0.3 is 0 Å². The van der Waals surface area contributed by atoms with E-state index in [2.05, 4.69) is 47.1 Å². The molecule has 2 rings (SSSR count). The molecule has 1 saturated heterocycles. The Labute approximate surface area is 100.0 Å². The Balaban J connectivity index is 2.19. The van der Waals surface area contributed by atoms with Crippen LogP contribution in [-0.2, 0) is 10.1 Å². The van der Waals surface area contributed by atoms with Crippen LogP contribution in [0.2, 0.25) is 0 Å². The quantitative estimate of drug-likeness (QED) is 0.743. The second kappa shape index (κ2) is 5.13. The minimum Gasteiger partial charge on any atom is -0.381 e. The zero-order valence-corrected chi connectivity index (χ0v) is 10.7. The molecule has 1 aliphatic heterocycles. The van der Waals surface area contributed by atoms with Gasteiger partial charge in [-0.1, -0.05) is 47.1 Å². The summed E-state index contributed by atoms with van der Waals surface area (Å²) in [5, 5.41) is 0.943. The second-order valence-electron chi connectivity index (χ2n) is 4.33. The summed E-state index contributed by atoms with van der Waals surface area (Å²) >= 11 is 3.51. The lowest BCUT2D eigenvalue weighted by molar-refractivity contribution is 0.0473. The van der Waals surface area contributed by atoms with Gasteiger partial charge in [0.05, 0.1) is 0 Å². The van der Waals surface area contributed by atoms with Crippen molar-refractivity contribution in [1.82, 2.24) is 0 Å². The maximum Gasteiger partial charge on any atom is 0.0497 e. The first kappa shape index (κ1) is 11.2. The van der Waals surface area contributed by atoms with Gasteiger partial charge in [-0.25, -0.2) is 0 Å². The highest BCUT2D eigenvalue weighted by Crippen LogP contribution is 2.32. The third-order valence-electron chi connectivity index (χ3n) is 3.17. The van der Waals surface area contributed by atoms with Crippen LogP contribution in [0, 0.1) is 5.92 Å². The van der Waals surface area contributed by atoms with Gasteiger partial charge in [-0.2, -0.15) is 0 Å². The van der Waals surface area contributed by atoms with E-state index in [0.29, 0.717) is 11.8 Å². The van der Waals surface area contributed by atoms with Crippen LogP contribution >= 0.6 is 15.9 Å². The topological polar surface area (TPSA) is 9.23 Å². The fraction of sp³-hybridized carbons (Fsp3) is 0.538. The molecule has 1 aliphatic rings. The average molecular weight is 269 g/mol. The molecule has 1 heterocycles. The molecule has 0 N–H and O–H groups in total. The Bertz CT molecular complexity index is 324. The van der Waals surface area contributed by atoms with Crippen molar-refractivity contribution in [3.8, 4) is 0 Å². The van der Waals surface area contributed by atoms with Crippen LogP contribution in [-0.4, -0.2) is 13.2 Å². The van der Waals surface area contributed by atoms with Crippen LogP contribution in [0.15, 0.2) is 24.3 Å². The van der Waals surface area contributed by atoms with Crippen LogP contribution in [0.5, 0.6) is 0 Å². The number of hydrogen-bond acceptors (Lipinski definition) is 1. The van der Waals surface area contributed by atoms with Crippen molar-refractivity contribution in [2.45, 2.75) is 24.6 Å². The van der Waals surface area contributed by atoms with Gasteiger partial charge in [-0.05, 0) is 29.4 Å². The molecule has 0 amide bonds. The molecule has 0 radical (unpaired) electrons. The average Bonchev–Trinajstić information content (AvgIpc) is 2.30. The van der Waals surface area contributed by atoms with E-state index < -0.39 is 0 Å². The Morgan fingerprint density at radius 1 is 1.47 bits per heavy atom. The van der Waals surface area contributed by atoms with Crippen molar-refractivity contribution in [1.29, 1.82) is 0 Å². The molecule has 1 aromatic rings. The highest BCUT2D eigenvalue weighted by Gasteiger charge is 2.23. The molecule has 0 bridgehead atoms. The molecule has 2 heteroatoms. The molecular weight excluding hydrogens is 252 g/mol. The Kier molecular flexibility index (Phi) is 3.81. The van der Waals surface area contributed by atoms with Gasteiger partial charge in [0.15, 0.2) is 0 Å². The first-order chi connectivity index (χ1) is 7.31. The summed E-state index contributed by atoms with van der Waals surface area (Å²) in [5.74, 6) is 1.32. The summed E-state index contributed by atoms with van der Waals surface area (Å²) in [4.78, 5) is 0. The summed E-state index contributed by atoms with van der Waals surface area (Å²) in [6.07, 6.45) is 1.16. The molecule has 82 valence electrons. The number of ether oxygens (including phenoxy) is 1. The molecule has 0 aliphatic carbocycles. The SMILES string of the molecule is CC1COCCC1c1cccc(CBr)c1. The fourth-order valence-corrected chi connectivity index (χ4v) is 2.63. The summed E-state index contributed by atoms with van der Waals surface area (Å²) in [6.45, 7) is 4.10. The molecule has 15 heavy (non-hydrogen) atoms. The summed E-state index contributed by atoms with van der Waals surface area (Å²) < 4.78 is 5.48. The third-order valence-corrected chi connectivity index (χ3v) is 3.82. The highest BCUT2D eigenvalue weighted by molar-refractivity contribution is 9.08. The van der Waals surface area contributed by atoms with Crippen molar-refractivity contribution in [2.75, 3.05) is 13.2 Å². The number of benzene rings is 1. The summed E-state index contributed by atoms with van der Waals surface area (Å²) in [7, 11) is 0. The summed E-state index contributed by atoms with van der Waals surface area (Å²) in [5.41, 5.74) is 2.84. The Morgan fingerprint density at radius 2 is 2.33 bits per heavy atom. The monoisotopic (exact) mass is 268 g/mol. The molecular formula is C13H17BrO. The largest absolute Gasteiger partial charge is 0.381 e. The standard InChI is InChI=1S/C13H17BrO/c1-10-9-15-6-5-13(10)12-4-2-3-11(7-12)8-14/h2-4,7,10,13H,5-6,8-9H2,1H3. The van der Waals surface area contributed by atoms with Crippen molar-refractivity contribution in [2.24, 2.45) is 5.92 Å². The van der Waals surface area contributed by atoms with E-state index in [1.54, 1.807) is 0 Å². The van der Waals surface area contributed by atoms with E-state index in [-0.39, 0.29) is 0 Å². The van der Waals surface area contributed by atoms with Gasteiger partial charge < -0.3 is 4.74 Å². The molecule has 1 fully saturated rings. The molecule has 0 spiro atoms. The van der Waals surface area contributed by atoms with Gasteiger partial charge in [0.2, 0.25) is 0 Å². The van der Waals surface area contributed by atoms with Gasteiger partial charge in [-0.15, -0.1) is 0 Å². The normalized spacial score (nSPS) is 26.5. The maximum atomic E-state index is 5.48. The first-order valence-electron chi connectivity index (χ1n) is 5.54. The number of rotatable bonds is 2. The van der Waals surface area contributed by atoms with Gasteiger partial charge in [0, 0.05) is 18.5 Å². The van der Waals surface area contributed by atoms with Gasteiger partial charge in [0.1, 0.15) is 0 Å². The van der Waals surface area contributed by atoms with Gasteiger partial charge in [0.25, 0.3) is 0 Å². The zero-order valence-electron chi connectivity index (χ0n) is 9.08. The van der Waals surface area contributed by atoms with Crippen LogP contribution in [0.25, 0.3) is 0 Å². The van der Waals surface area contributed by atoms with E-state index in [9.17, 15) is 0 Å². The van der Waals surface area contributed by atoms with E-state index in [1.165, 1.54) is 11.1 Å². The first-order valence-corrected chi connectivity index (χ1v) is 6.66. The predicted molar refractivity (Wildman–Crippen MR) is 66.4 cm³/mol. The second-order valence-corrected chi connectivity index (χ2v) is 4.89. The van der Waals surface area contributed by atoms with E-state index in [0.717, 1.165) is 25.0 Å². The molecule has 0 aromatic heterocycles. The number of halogens is 1. The van der Waals surface area contributed by atoms with Crippen molar-refractivity contribution >= 4 is 15.9 Å². The lowest BCUT2D eigenvalue weighted by Gasteiger charge is -2.29. The predicted octanol–water partition coefficient (Wildman–Crippen LogP) is 3.72. The lowest BCUT2D eigenvalue weighted by Crippen LogP contribution is -2.23. The summed E-state index contributed by atoms with van der Waals surface area (Å²) in [6, 6.07) is 8.90. The zero-order chi connectivity index (χ0) is 10.7. The lowest BCUT2D eigenvalue weighted by atomic mass is 9.83. The van der Waals surface area contributed by atoms with E-state index >= 15 is 0 Å². The van der Waals surface area contributed by atoms with Crippen LogP contribution in [0.1, 0.15) is 30.4 Å². The highest BCUT2D eigenvalue weighted by atomic mass is 79.9. The van der Waals surface area contributed by atoms with E-state index in [4.69, 9.17) is 4.74 Å². The maximum absolute atomic E-state index is 5.48. The Morgan fingerprint density at radius 3 is 3.07 bits per heavy atom. The minimum atomic E-state index is 0.643. The molecule has 1 nitrogen and oxygen atoms in total. The van der Waals surface area contributed by atoms with Crippen LogP contribution in [0.4, 0.5) is 0 Å². The molecule has 0 saturated carbocycles. The minimum absolute atomic E-state index is 0.643. The van der Waals surface area contributed by atoms with Crippen molar-refractivity contribution < 1.29 is 4.74 Å². The molecule has 1 aromatic carbocycles. The molecule has 2 atom stereocenters. The van der Waals surface area contributed by atoms with Crippen LogP contribution in [0.3, 0.4) is 0 Å². The fourth-order valence-electron chi connectivity index (χ4n) is 2.28. The van der Waals surface area contributed by atoms with Crippen LogP contribution < -0.4 is 0 Å². The number of hydrogen-bond donors (Lipinski definition) is 0. The van der Waals surface area contributed by atoms with Gasteiger partial charge in [-0.3, -0.25) is 0 Å². The smallest absolute Gasteiger partial charge is 0.0497 e.